The smallest absolute Gasteiger partial charge is 0.153 e. The summed E-state index contributed by atoms with van der Waals surface area (Å²) in [5.74, 6) is 0. The molecule has 0 N–H and O–H groups in total. The molecular formula is C19H17N3O. The Morgan fingerprint density at radius 1 is 1.22 bits per heavy atom. The maximum atomic E-state index is 11.6. The summed E-state index contributed by atoms with van der Waals surface area (Å²) >= 11 is 0. The van der Waals surface area contributed by atoms with E-state index in [1.165, 1.54) is 0 Å². The molecule has 0 unspecified atom stereocenters. The highest BCUT2D eigenvalue weighted by molar-refractivity contribution is 5.95. The molecule has 3 aromatic rings. The van der Waals surface area contributed by atoms with Gasteiger partial charge in [-0.3, -0.25) is 4.79 Å². The van der Waals surface area contributed by atoms with Gasteiger partial charge in [0.2, 0.25) is 0 Å². The number of nitrogens with zero attached hydrogens (tertiary/aromatic N) is 3. The SMILES string of the molecule is CN(C)Cc1cccc(-c2c(C=O)c(C#N)c3ccccn23)c1. The molecule has 4 nitrogen and oxygen atoms in total. The Kier molecular flexibility index (Phi) is 3.96. The number of hydrogen-bond acceptors (Lipinski definition) is 3. The maximum Gasteiger partial charge on any atom is 0.153 e. The van der Waals surface area contributed by atoms with Gasteiger partial charge in [0, 0.05) is 12.7 Å². The lowest BCUT2D eigenvalue weighted by Crippen LogP contribution is -2.10. The number of nitriles is 1. The van der Waals surface area contributed by atoms with E-state index in [4.69, 9.17) is 0 Å². The van der Waals surface area contributed by atoms with Gasteiger partial charge in [-0.05, 0) is 43.4 Å². The van der Waals surface area contributed by atoms with E-state index in [9.17, 15) is 10.1 Å². The van der Waals surface area contributed by atoms with Gasteiger partial charge in [-0.25, -0.2) is 0 Å². The van der Waals surface area contributed by atoms with E-state index >= 15 is 0 Å². The Labute approximate surface area is 135 Å². The summed E-state index contributed by atoms with van der Waals surface area (Å²) in [7, 11) is 4.04. The van der Waals surface area contributed by atoms with Crippen LogP contribution >= 0.6 is 0 Å². The third-order valence-electron chi connectivity index (χ3n) is 3.81. The van der Waals surface area contributed by atoms with Gasteiger partial charge in [-0.1, -0.05) is 24.3 Å². The fourth-order valence-electron chi connectivity index (χ4n) is 2.94. The number of benzene rings is 1. The first kappa shape index (κ1) is 15.0. The van der Waals surface area contributed by atoms with E-state index in [1.807, 2.05) is 55.0 Å². The highest BCUT2D eigenvalue weighted by Crippen LogP contribution is 2.31. The maximum absolute atomic E-state index is 11.6. The first-order valence-corrected chi connectivity index (χ1v) is 7.38. The average Bonchev–Trinajstić information content (AvgIpc) is 2.87. The lowest BCUT2D eigenvalue weighted by Gasteiger charge is -2.11. The lowest BCUT2D eigenvalue weighted by molar-refractivity contribution is 0.112. The monoisotopic (exact) mass is 303 g/mol. The van der Waals surface area contributed by atoms with Crippen molar-refractivity contribution in [2.45, 2.75) is 6.54 Å². The molecule has 3 rings (SSSR count). The molecule has 1 aromatic carbocycles. The van der Waals surface area contributed by atoms with Gasteiger partial charge in [-0.15, -0.1) is 0 Å². The average molecular weight is 303 g/mol. The van der Waals surface area contributed by atoms with E-state index in [0.29, 0.717) is 11.1 Å². The van der Waals surface area contributed by atoms with Gasteiger partial charge in [0.15, 0.2) is 6.29 Å². The third kappa shape index (κ3) is 2.63. The molecule has 0 spiro atoms. The van der Waals surface area contributed by atoms with Gasteiger partial charge in [0.25, 0.3) is 0 Å². The number of aromatic nitrogens is 1. The molecule has 2 heterocycles. The molecule has 0 aliphatic carbocycles. The van der Waals surface area contributed by atoms with Crippen LogP contribution in [0.1, 0.15) is 21.5 Å². The Bertz CT molecular complexity index is 916. The van der Waals surface area contributed by atoms with Crippen molar-refractivity contribution in [2.75, 3.05) is 14.1 Å². The van der Waals surface area contributed by atoms with Crippen LogP contribution in [0.5, 0.6) is 0 Å². The summed E-state index contributed by atoms with van der Waals surface area (Å²) in [6, 6.07) is 15.9. The van der Waals surface area contributed by atoms with Gasteiger partial charge < -0.3 is 9.30 Å². The van der Waals surface area contributed by atoms with E-state index < -0.39 is 0 Å². The zero-order valence-corrected chi connectivity index (χ0v) is 13.2. The third-order valence-corrected chi connectivity index (χ3v) is 3.81. The number of fused-ring (bicyclic) bond motifs is 1. The molecule has 0 radical (unpaired) electrons. The van der Waals surface area contributed by atoms with Crippen LogP contribution in [0.25, 0.3) is 16.8 Å². The standard InChI is InChI=1S/C19H17N3O/c1-21(2)12-14-6-5-7-15(10-14)19-17(13-23)16(11-20)18-8-3-4-9-22(18)19/h3-10,13H,12H2,1-2H3. The van der Waals surface area contributed by atoms with Crippen LogP contribution in [0, 0.1) is 11.3 Å². The zero-order valence-electron chi connectivity index (χ0n) is 13.2. The van der Waals surface area contributed by atoms with Crippen molar-refractivity contribution in [3.63, 3.8) is 0 Å². The minimum atomic E-state index is 0.425. The topological polar surface area (TPSA) is 48.5 Å². The van der Waals surface area contributed by atoms with Crippen LogP contribution in [-0.2, 0) is 6.54 Å². The van der Waals surface area contributed by atoms with Crippen LogP contribution in [0.2, 0.25) is 0 Å². The van der Waals surface area contributed by atoms with E-state index in [0.717, 1.165) is 35.2 Å². The summed E-state index contributed by atoms with van der Waals surface area (Å²) < 4.78 is 1.91. The highest BCUT2D eigenvalue weighted by atomic mass is 16.1. The van der Waals surface area contributed by atoms with E-state index in [1.54, 1.807) is 0 Å². The molecule has 0 atom stereocenters. The minimum absolute atomic E-state index is 0.425. The zero-order chi connectivity index (χ0) is 16.4. The molecule has 0 saturated carbocycles. The Morgan fingerprint density at radius 2 is 2.04 bits per heavy atom. The molecule has 0 aliphatic heterocycles. The normalized spacial score (nSPS) is 10.9. The summed E-state index contributed by atoms with van der Waals surface area (Å²) in [5.41, 5.74) is 4.50. The lowest BCUT2D eigenvalue weighted by atomic mass is 10.0. The van der Waals surface area contributed by atoms with Crippen molar-refractivity contribution in [1.29, 1.82) is 5.26 Å². The first-order chi connectivity index (χ1) is 11.2. The molecule has 0 fully saturated rings. The second kappa shape index (κ2) is 6.07. The number of rotatable bonds is 4. The first-order valence-electron chi connectivity index (χ1n) is 7.38. The van der Waals surface area contributed by atoms with Crippen molar-refractivity contribution in [3.05, 3.63) is 65.4 Å². The summed E-state index contributed by atoms with van der Waals surface area (Å²) in [6.07, 6.45) is 2.66. The number of pyridine rings is 1. The van der Waals surface area contributed by atoms with Crippen molar-refractivity contribution < 1.29 is 4.79 Å². The molecule has 2 aromatic heterocycles. The second-order valence-electron chi connectivity index (χ2n) is 5.76. The van der Waals surface area contributed by atoms with Crippen molar-refractivity contribution in [2.24, 2.45) is 0 Å². The van der Waals surface area contributed by atoms with Crippen LogP contribution < -0.4 is 0 Å². The number of carbonyl (C=O) groups excluding carboxylic acids is 1. The molecule has 0 amide bonds. The molecule has 114 valence electrons. The largest absolute Gasteiger partial charge is 0.314 e. The quantitative estimate of drug-likeness (QED) is 0.694. The Morgan fingerprint density at radius 3 is 2.74 bits per heavy atom. The summed E-state index contributed by atoms with van der Waals surface area (Å²) in [5, 5.41) is 9.45. The summed E-state index contributed by atoms with van der Waals surface area (Å²) in [6.45, 7) is 0.818. The second-order valence-corrected chi connectivity index (χ2v) is 5.76. The van der Waals surface area contributed by atoms with Crippen molar-refractivity contribution in [3.8, 4) is 17.3 Å². The molecule has 23 heavy (non-hydrogen) atoms. The highest BCUT2D eigenvalue weighted by Gasteiger charge is 2.18. The Hall–Kier alpha value is -2.90. The van der Waals surface area contributed by atoms with Crippen LogP contribution in [-0.4, -0.2) is 29.7 Å². The van der Waals surface area contributed by atoms with Crippen molar-refractivity contribution >= 4 is 11.8 Å². The predicted molar refractivity (Wildman–Crippen MR) is 90.3 cm³/mol. The van der Waals surface area contributed by atoms with E-state index in [-0.39, 0.29) is 0 Å². The predicted octanol–water partition coefficient (Wildman–Crippen LogP) is 3.35. The fourth-order valence-corrected chi connectivity index (χ4v) is 2.94. The van der Waals surface area contributed by atoms with Crippen LogP contribution in [0.4, 0.5) is 0 Å². The van der Waals surface area contributed by atoms with Gasteiger partial charge in [0.1, 0.15) is 6.07 Å². The van der Waals surface area contributed by atoms with E-state index in [2.05, 4.69) is 23.1 Å². The van der Waals surface area contributed by atoms with Crippen LogP contribution in [0.3, 0.4) is 0 Å². The van der Waals surface area contributed by atoms with Gasteiger partial charge in [0.05, 0.1) is 22.3 Å². The summed E-state index contributed by atoms with van der Waals surface area (Å²) in [4.78, 5) is 13.7. The van der Waals surface area contributed by atoms with Gasteiger partial charge >= 0.3 is 0 Å². The molecule has 0 saturated heterocycles. The fraction of sp³-hybridized carbons (Fsp3) is 0.158. The minimum Gasteiger partial charge on any atom is -0.314 e. The number of carbonyl (C=O) groups is 1. The van der Waals surface area contributed by atoms with Gasteiger partial charge in [-0.2, -0.15) is 5.26 Å². The molecule has 4 heteroatoms. The molecule has 0 aliphatic rings. The molecular weight excluding hydrogens is 286 g/mol. The molecule has 0 bridgehead atoms. The number of aldehydes is 1. The van der Waals surface area contributed by atoms with Crippen molar-refractivity contribution in [1.82, 2.24) is 9.30 Å². The number of hydrogen-bond donors (Lipinski definition) is 0. The van der Waals surface area contributed by atoms with Crippen LogP contribution in [0.15, 0.2) is 48.7 Å². The Balaban J connectivity index is 2.28.